The monoisotopic (exact) mass is 392 g/mol. The number of nitro benzene ring substituents is 1. The highest BCUT2D eigenvalue weighted by molar-refractivity contribution is 7.92. The molecule has 0 bridgehead atoms. The van der Waals surface area contributed by atoms with Crippen molar-refractivity contribution < 1.29 is 36.0 Å². The summed E-state index contributed by atoms with van der Waals surface area (Å²) in [5.74, 6) is -0.673. The summed E-state index contributed by atoms with van der Waals surface area (Å²) >= 11 is 0. The number of methoxy groups -OCH3 is 1. The Balaban J connectivity index is 2.31. The van der Waals surface area contributed by atoms with E-state index in [-0.39, 0.29) is 11.4 Å². The molecular weight excluding hydrogens is 381 g/mol. The Morgan fingerprint density at radius 1 is 1.12 bits per heavy atom. The predicted molar refractivity (Wildman–Crippen MR) is 83.6 cm³/mol. The van der Waals surface area contributed by atoms with Crippen LogP contribution in [0, 0.1) is 10.1 Å². The molecule has 0 radical (unpaired) electrons. The van der Waals surface area contributed by atoms with Crippen molar-refractivity contribution in [2.75, 3.05) is 11.8 Å². The topological polar surface area (TPSA) is 108 Å². The Morgan fingerprint density at radius 2 is 1.73 bits per heavy atom. The average Bonchev–Trinajstić information content (AvgIpc) is 2.54. The van der Waals surface area contributed by atoms with E-state index < -0.39 is 37.6 Å². The number of benzene rings is 2. The van der Waals surface area contributed by atoms with Gasteiger partial charge in [-0.05, 0) is 30.3 Å². The fraction of sp³-hybridized carbons (Fsp3) is 0.143. The van der Waals surface area contributed by atoms with Crippen molar-refractivity contribution in [3.63, 3.8) is 0 Å². The molecule has 0 aliphatic heterocycles. The zero-order valence-electron chi connectivity index (χ0n) is 13.0. The fourth-order valence-electron chi connectivity index (χ4n) is 1.92. The first-order valence-corrected chi connectivity index (χ1v) is 8.21. The minimum absolute atomic E-state index is 0.0758. The first-order chi connectivity index (χ1) is 12.0. The van der Waals surface area contributed by atoms with Crippen LogP contribution in [0.1, 0.15) is 0 Å². The van der Waals surface area contributed by atoms with Gasteiger partial charge in [-0.25, -0.2) is 8.42 Å². The lowest BCUT2D eigenvalue weighted by Crippen LogP contribution is -2.17. The van der Waals surface area contributed by atoms with Gasteiger partial charge in [0.2, 0.25) is 0 Å². The highest BCUT2D eigenvalue weighted by atomic mass is 32.2. The number of nitro groups is 1. The number of nitrogens with zero attached hydrogens (tertiary/aromatic N) is 1. The summed E-state index contributed by atoms with van der Waals surface area (Å²) in [5.41, 5.74) is -0.548. The number of sulfonamides is 1. The molecule has 0 fully saturated rings. The van der Waals surface area contributed by atoms with Gasteiger partial charge >= 0.3 is 6.36 Å². The number of alkyl halides is 3. The van der Waals surface area contributed by atoms with Gasteiger partial charge in [0.15, 0.2) is 0 Å². The number of hydrogen-bond acceptors (Lipinski definition) is 6. The average molecular weight is 392 g/mol. The second-order valence-corrected chi connectivity index (χ2v) is 6.42. The molecular formula is C14H11F3N2O6S. The van der Waals surface area contributed by atoms with Gasteiger partial charge in [0.25, 0.3) is 15.7 Å². The lowest BCUT2D eigenvalue weighted by atomic mass is 10.3. The molecule has 0 saturated carbocycles. The second kappa shape index (κ2) is 7.07. The third-order valence-corrected chi connectivity index (χ3v) is 4.39. The first-order valence-electron chi connectivity index (χ1n) is 6.73. The van der Waals surface area contributed by atoms with E-state index in [0.29, 0.717) is 0 Å². The lowest BCUT2D eigenvalue weighted by Gasteiger charge is -2.12. The Hall–Kier alpha value is -3.02. The van der Waals surface area contributed by atoms with Gasteiger partial charge < -0.3 is 9.47 Å². The molecule has 2 aromatic rings. The maximum absolute atomic E-state index is 12.4. The van der Waals surface area contributed by atoms with Crippen molar-refractivity contribution in [2.24, 2.45) is 0 Å². The summed E-state index contributed by atoms with van der Waals surface area (Å²) < 4.78 is 71.9. The lowest BCUT2D eigenvalue weighted by molar-refractivity contribution is -0.385. The van der Waals surface area contributed by atoms with E-state index in [4.69, 9.17) is 4.74 Å². The van der Waals surface area contributed by atoms with Gasteiger partial charge in [-0.15, -0.1) is 13.2 Å². The third-order valence-electron chi connectivity index (χ3n) is 2.99. The van der Waals surface area contributed by atoms with E-state index in [2.05, 4.69) is 9.46 Å². The first kappa shape index (κ1) is 19.3. The largest absolute Gasteiger partial charge is 0.573 e. The van der Waals surface area contributed by atoms with E-state index >= 15 is 0 Å². The van der Waals surface area contributed by atoms with Crippen molar-refractivity contribution >= 4 is 21.4 Å². The standard InChI is InChI=1S/C14H11F3N2O6S/c1-24-12-7-4-10(19(20)21)8-13(12)26(22,23)18-9-2-5-11(6-3-9)25-14(15,16)17/h2-8,18H,1H3. The summed E-state index contributed by atoms with van der Waals surface area (Å²) in [4.78, 5) is 9.56. The molecule has 0 unspecified atom stereocenters. The quantitative estimate of drug-likeness (QED) is 0.597. The summed E-state index contributed by atoms with van der Waals surface area (Å²) in [7, 11) is -3.12. The smallest absolute Gasteiger partial charge is 0.495 e. The second-order valence-electron chi connectivity index (χ2n) is 4.77. The van der Waals surface area contributed by atoms with Crippen molar-refractivity contribution in [2.45, 2.75) is 11.3 Å². The van der Waals surface area contributed by atoms with Crippen LogP contribution in [-0.2, 0) is 10.0 Å². The highest BCUT2D eigenvalue weighted by Gasteiger charge is 2.31. The number of halogens is 3. The van der Waals surface area contributed by atoms with Crippen LogP contribution >= 0.6 is 0 Å². The van der Waals surface area contributed by atoms with E-state index in [1.54, 1.807) is 0 Å². The molecule has 0 amide bonds. The fourth-order valence-corrected chi connectivity index (χ4v) is 3.17. The molecule has 1 N–H and O–H groups in total. The Bertz CT molecular complexity index is 913. The molecule has 2 aromatic carbocycles. The van der Waals surface area contributed by atoms with Crippen molar-refractivity contribution in [3.05, 3.63) is 52.6 Å². The number of anilines is 1. The molecule has 0 aliphatic rings. The molecule has 0 saturated heterocycles. The van der Waals surface area contributed by atoms with Crippen molar-refractivity contribution in [1.29, 1.82) is 0 Å². The Kier molecular flexibility index (Phi) is 5.25. The summed E-state index contributed by atoms with van der Waals surface area (Å²) in [6, 6.07) is 6.91. The summed E-state index contributed by atoms with van der Waals surface area (Å²) in [6.07, 6.45) is -4.88. The van der Waals surface area contributed by atoms with Crippen LogP contribution in [-0.4, -0.2) is 26.8 Å². The van der Waals surface area contributed by atoms with Crippen LogP contribution in [0.25, 0.3) is 0 Å². The molecule has 0 spiro atoms. The van der Waals surface area contributed by atoms with Crippen LogP contribution in [0.2, 0.25) is 0 Å². The van der Waals surface area contributed by atoms with Crippen LogP contribution in [0.5, 0.6) is 11.5 Å². The Morgan fingerprint density at radius 3 is 2.23 bits per heavy atom. The minimum Gasteiger partial charge on any atom is -0.495 e. The molecule has 0 aromatic heterocycles. The molecule has 140 valence electrons. The van der Waals surface area contributed by atoms with Gasteiger partial charge in [-0.3, -0.25) is 14.8 Å². The maximum atomic E-state index is 12.4. The third kappa shape index (κ3) is 4.75. The van der Waals surface area contributed by atoms with Gasteiger partial charge in [-0.1, -0.05) is 0 Å². The highest BCUT2D eigenvalue weighted by Crippen LogP contribution is 2.30. The summed E-state index contributed by atoms with van der Waals surface area (Å²) in [6.45, 7) is 0. The van der Waals surface area contributed by atoms with Crippen LogP contribution < -0.4 is 14.2 Å². The van der Waals surface area contributed by atoms with E-state index in [1.165, 1.54) is 7.11 Å². The van der Waals surface area contributed by atoms with Gasteiger partial charge in [-0.2, -0.15) is 0 Å². The maximum Gasteiger partial charge on any atom is 0.573 e. The normalized spacial score (nSPS) is 11.7. The summed E-state index contributed by atoms with van der Waals surface area (Å²) in [5, 5.41) is 10.8. The van der Waals surface area contributed by atoms with Crippen LogP contribution in [0.15, 0.2) is 47.4 Å². The van der Waals surface area contributed by atoms with Gasteiger partial charge in [0.1, 0.15) is 16.4 Å². The number of ether oxygens (including phenoxy) is 2. The SMILES string of the molecule is COc1ccc([N+](=O)[O-])cc1S(=O)(=O)Nc1ccc(OC(F)(F)F)cc1. The molecule has 12 heteroatoms. The molecule has 0 atom stereocenters. The number of non-ortho nitro benzene ring substituents is 1. The molecule has 2 rings (SSSR count). The van der Waals surface area contributed by atoms with Crippen molar-refractivity contribution in [3.8, 4) is 11.5 Å². The Labute approximate surface area is 145 Å². The minimum atomic E-state index is -4.88. The van der Waals surface area contributed by atoms with Crippen LogP contribution in [0.4, 0.5) is 24.5 Å². The molecule has 0 heterocycles. The van der Waals surface area contributed by atoms with Gasteiger partial charge in [0, 0.05) is 17.8 Å². The number of rotatable bonds is 6. The number of hydrogen-bond donors (Lipinski definition) is 1. The van der Waals surface area contributed by atoms with Crippen LogP contribution in [0.3, 0.4) is 0 Å². The van der Waals surface area contributed by atoms with E-state index in [0.717, 1.165) is 42.5 Å². The number of nitrogens with one attached hydrogen (secondary N) is 1. The zero-order valence-corrected chi connectivity index (χ0v) is 13.8. The van der Waals surface area contributed by atoms with E-state index in [9.17, 15) is 31.7 Å². The predicted octanol–water partition coefficient (Wildman–Crippen LogP) is 3.30. The van der Waals surface area contributed by atoms with E-state index in [1.807, 2.05) is 0 Å². The molecule has 0 aliphatic carbocycles. The zero-order chi connectivity index (χ0) is 19.5. The molecule has 8 nitrogen and oxygen atoms in total. The van der Waals surface area contributed by atoms with Crippen molar-refractivity contribution in [1.82, 2.24) is 0 Å². The molecule has 26 heavy (non-hydrogen) atoms. The van der Waals surface area contributed by atoms with Gasteiger partial charge in [0.05, 0.1) is 12.0 Å².